The number of amides is 1. The first-order valence-corrected chi connectivity index (χ1v) is 10.6. The van der Waals surface area contributed by atoms with Crippen molar-refractivity contribution in [3.05, 3.63) is 96.1 Å². The number of pyridine rings is 1. The van der Waals surface area contributed by atoms with Crippen LogP contribution in [0.2, 0.25) is 0 Å². The highest BCUT2D eigenvalue weighted by Crippen LogP contribution is 2.27. The third-order valence-corrected chi connectivity index (χ3v) is 4.85. The number of rotatable bonds is 7. The van der Waals surface area contributed by atoms with Crippen molar-refractivity contribution in [3.8, 4) is 17.0 Å². The van der Waals surface area contributed by atoms with E-state index < -0.39 is 0 Å². The molecule has 0 bridgehead atoms. The molecule has 0 aliphatic rings. The van der Waals surface area contributed by atoms with Crippen LogP contribution in [0.1, 0.15) is 29.8 Å². The summed E-state index contributed by atoms with van der Waals surface area (Å²) in [7, 11) is 0. The van der Waals surface area contributed by atoms with E-state index in [0.29, 0.717) is 23.8 Å². The van der Waals surface area contributed by atoms with E-state index in [0.717, 1.165) is 27.8 Å². The molecule has 0 saturated heterocycles. The van der Waals surface area contributed by atoms with Crippen molar-refractivity contribution in [2.75, 3.05) is 6.61 Å². The van der Waals surface area contributed by atoms with Crippen molar-refractivity contribution in [1.82, 2.24) is 10.4 Å². The Kier molecular flexibility index (Phi) is 6.56. The van der Waals surface area contributed by atoms with Crippen LogP contribution >= 0.6 is 0 Å². The van der Waals surface area contributed by atoms with Gasteiger partial charge >= 0.3 is 0 Å². The minimum atomic E-state index is -0.288. The Morgan fingerprint density at radius 2 is 1.78 bits per heavy atom. The van der Waals surface area contributed by atoms with Crippen LogP contribution in [-0.2, 0) is 0 Å². The van der Waals surface area contributed by atoms with Crippen molar-refractivity contribution in [3.63, 3.8) is 0 Å². The maximum atomic E-state index is 13.0. The Morgan fingerprint density at radius 3 is 2.59 bits per heavy atom. The average Bonchev–Trinajstić information content (AvgIpc) is 2.83. The predicted octanol–water partition coefficient (Wildman–Crippen LogP) is 5.70. The van der Waals surface area contributed by atoms with Crippen LogP contribution < -0.4 is 10.2 Å². The molecule has 0 saturated carbocycles. The first-order valence-electron chi connectivity index (χ1n) is 10.6. The number of nitrogens with zero attached hydrogens (tertiary/aromatic N) is 2. The summed E-state index contributed by atoms with van der Waals surface area (Å²) in [6.45, 7) is 4.86. The van der Waals surface area contributed by atoms with Crippen LogP contribution in [-0.4, -0.2) is 23.7 Å². The Balaban J connectivity index is 1.65. The minimum absolute atomic E-state index is 0.288. The number of carbonyl (C=O) groups excluding carboxylic acids is 1. The van der Waals surface area contributed by atoms with Gasteiger partial charge in [0.1, 0.15) is 5.75 Å². The van der Waals surface area contributed by atoms with E-state index in [1.165, 1.54) is 0 Å². The summed E-state index contributed by atoms with van der Waals surface area (Å²) in [6, 6.07) is 26.8. The summed E-state index contributed by atoms with van der Waals surface area (Å²) >= 11 is 0. The number of hydrogen-bond donors (Lipinski definition) is 1. The topological polar surface area (TPSA) is 63.6 Å². The Hall–Kier alpha value is -3.99. The monoisotopic (exact) mass is 423 g/mol. The molecule has 0 unspecified atom stereocenters. The van der Waals surface area contributed by atoms with Gasteiger partial charge in [-0.15, -0.1) is 0 Å². The maximum Gasteiger partial charge on any atom is 0.272 e. The highest BCUT2D eigenvalue weighted by molar-refractivity contribution is 6.07. The number of para-hydroxylation sites is 1. The van der Waals surface area contributed by atoms with Gasteiger partial charge in [-0.25, -0.2) is 10.4 Å². The summed E-state index contributed by atoms with van der Waals surface area (Å²) < 4.78 is 5.86. The smallest absolute Gasteiger partial charge is 0.272 e. The van der Waals surface area contributed by atoms with Gasteiger partial charge in [0.05, 0.1) is 29.6 Å². The second-order valence-electron chi connectivity index (χ2n) is 7.91. The SMILES string of the molecule is CC(C)COc1cccc(-c2cc(C(=O)N/N=C/c3ccccc3)c3ccccc3n2)c1. The fraction of sp³-hybridized carbons (Fsp3) is 0.148. The van der Waals surface area contributed by atoms with Gasteiger partial charge in [0.2, 0.25) is 0 Å². The lowest BCUT2D eigenvalue weighted by atomic mass is 10.0. The largest absolute Gasteiger partial charge is 0.493 e. The molecular weight excluding hydrogens is 398 g/mol. The summed E-state index contributed by atoms with van der Waals surface area (Å²) in [4.78, 5) is 17.8. The van der Waals surface area contributed by atoms with Crippen LogP contribution in [0.15, 0.2) is 90.0 Å². The van der Waals surface area contributed by atoms with Crippen LogP contribution in [0.25, 0.3) is 22.2 Å². The number of hydrazone groups is 1. The van der Waals surface area contributed by atoms with E-state index in [1.807, 2.05) is 78.9 Å². The van der Waals surface area contributed by atoms with Gasteiger partial charge in [0.15, 0.2) is 0 Å². The van der Waals surface area contributed by atoms with Crippen LogP contribution in [0.4, 0.5) is 0 Å². The molecule has 160 valence electrons. The Labute approximate surface area is 187 Å². The molecule has 1 N–H and O–H groups in total. The number of hydrogen-bond acceptors (Lipinski definition) is 4. The lowest BCUT2D eigenvalue weighted by molar-refractivity contribution is 0.0956. The molecule has 4 rings (SSSR count). The van der Waals surface area contributed by atoms with E-state index in [2.05, 4.69) is 24.4 Å². The molecular formula is C27H25N3O2. The van der Waals surface area contributed by atoms with Gasteiger partial charge in [0.25, 0.3) is 5.91 Å². The summed E-state index contributed by atoms with van der Waals surface area (Å²) in [5.41, 5.74) is 6.41. The standard InChI is InChI=1S/C27H25N3O2/c1-19(2)18-32-22-12-8-11-21(15-22)26-16-24(23-13-6-7-14-25(23)29-26)27(31)30-28-17-20-9-4-3-5-10-20/h3-17,19H,18H2,1-2H3,(H,30,31)/b28-17+. The van der Waals surface area contributed by atoms with Crippen molar-refractivity contribution >= 4 is 23.0 Å². The van der Waals surface area contributed by atoms with Gasteiger partial charge in [-0.05, 0) is 35.7 Å². The number of aromatic nitrogens is 1. The molecule has 5 heteroatoms. The second kappa shape index (κ2) is 9.88. The molecule has 5 nitrogen and oxygen atoms in total. The molecule has 0 radical (unpaired) electrons. The first-order chi connectivity index (χ1) is 15.6. The van der Waals surface area contributed by atoms with E-state index in [1.54, 1.807) is 12.3 Å². The van der Waals surface area contributed by atoms with Gasteiger partial charge < -0.3 is 4.74 Å². The summed E-state index contributed by atoms with van der Waals surface area (Å²) in [5.74, 6) is 0.929. The van der Waals surface area contributed by atoms with Crippen molar-refractivity contribution in [2.24, 2.45) is 11.0 Å². The average molecular weight is 424 g/mol. The number of carbonyl (C=O) groups is 1. The van der Waals surface area contributed by atoms with Crippen molar-refractivity contribution in [1.29, 1.82) is 0 Å². The molecule has 1 aromatic heterocycles. The van der Waals surface area contributed by atoms with Crippen molar-refractivity contribution in [2.45, 2.75) is 13.8 Å². The van der Waals surface area contributed by atoms with Crippen molar-refractivity contribution < 1.29 is 9.53 Å². The highest BCUT2D eigenvalue weighted by atomic mass is 16.5. The lowest BCUT2D eigenvalue weighted by Gasteiger charge is -2.11. The Bertz CT molecular complexity index is 1250. The van der Waals surface area contributed by atoms with Crippen LogP contribution in [0, 0.1) is 5.92 Å². The first kappa shape index (κ1) is 21.2. The quantitative estimate of drug-likeness (QED) is 0.306. The third-order valence-electron chi connectivity index (χ3n) is 4.85. The zero-order valence-corrected chi connectivity index (χ0v) is 18.2. The second-order valence-corrected chi connectivity index (χ2v) is 7.91. The number of fused-ring (bicyclic) bond motifs is 1. The fourth-order valence-electron chi connectivity index (χ4n) is 3.28. The van der Waals surface area contributed by atoms with Crippen LogP contribution in [0.5, 0.6) is 5.75 Å². The molecule has 32 heavy (non-hydrogen) atoms. The number of ether oxygens (including phenoxy) is 1. The van der Waals surface area contributed by atoms with Gasteiger partial charge in [0, 0.05) is 10.9 Å². The normalized spacial score (nSPS) is 11.2. The number of nitrogens with one attached hydrogen (secondary N) is 1. The molecule has 0 atom stereocenters. The molecule has 1 amide bonds. The molecule has 3 aromatic carbocycles. The third kappa shape index (κ3) is 5.19. The van der Waals surface area contributed by atoms with E-state index in [4.69, 9.17) is 9.72 Å². The zero-order chi connectivity index (χ0) is 22.3. The zero-order valence-electron chi connectivity index (χ0n) is 18.2. The maximum absolute atomic E-state index is 13.0. The molecule has 0 spiro atoms. The predicted molar refractivity (Wildman–Crippen MR) is 129 cm³/mol. The van der Waals surface area contributed by atoms with E-state index in [-0.39, 0.29) is 5.91 Å². The van der Waals surface area contributed by atoms with E-state index in [9.17, 15) is 4.79 Å². The van der Waals surface area contributed by atoms with Gasteiger partial charge in [-0.2, -0.15) is 5.10 Å². The van der Waals surface area contributed by atoms with Gasteiger partial charge in [-0.1, -0.05) is 74.5 Å². The lowest BCUT2D eigenvalue weighted by Crippen LogP contribution is -2.18. The molecule has 1 heterocycles. The van der Waals surface area contributed by atoms with Crippen LogP contribution in [0.3, 0.4) is 0 Å². The molecule has 0 aliphatic heterocycles. The molecule has 0 aliphatic carbocycles. The molecule has 4 aromatic rings. The number of benzene rings is 3. The minimum Gasteiger partial charge on any atom is -0.493 e. The summed E-state index contributed by atoms with van der Waals surface area (Å²) in [5, 5.41) is 4.89. The summed E-state index contributed by atoms with van der Waals surface area (Å²) in [6.07, 6.45) is 1.62. The van der Waals surface area contributed by atoms with E-state index >= 15 is 0 Å². The highest BCUT2D eigenvalue weighted by Gasteiger charge is 2.14. The molecule has 0 fully saturated rings. The Morgan fingerprint density at radius 1 is 1.00 bits per heavy atom. The van der Waals surface area contributed by atoms with Gasteiger partial charge in [-0.3, -0.25) is 4.79 Å². The fourth-order valence-corrected chi connectivity index (χ4v) is 3.28.